The molecule has 0 bridgehead atoms. The molecular weight excluding hydrogens is 338 g/mol. The highest BCUT2D eigenvalue weighted by Gasteiger charge is 2.63. The van der Waals surface area contributed by atoms with Crippen LogP contribution in [0.5, 0.6) is 0 Å². The molecule has 8 nitrogen and oxygen atoms in total. The van der Waals surface area contributed by atoms with Crippen LogP contribution in [-0.4, -0.2) is 111 Å². The van der Waals surface area contributed by atoms with Crippen LogP contribution < -0.4 is 0 Å². The molecule has 4 N–H and O–H groups in total. The van der Waals surface area contributed by atoms with E-state index in [1.807, 2.05) is 6.92 Å². The number of rotatable bonds is 9. The van der Waals surface area contributed by atoms with Gasteiger partial charge in [-0.05, 0) is 27.2 Å². The number of carbonyl (C=O) groups is 1. The largest absolute Gasteiger partial charge is 0.479 e. The Morgan fingerprint density at radius 3 is 1.46 bits per heavy atom. The number of aliphatic hydroxyl groups excluding tert-OH is 3. The molecule has 0 aromatic heterocycles. The molecule has 3 fully saturated rings. The van der Waals surface area contributed by atoms with E-state index in [-0.39, 0.29) is 19.8 Å². The quantitative estimate of drug-likeness (QED) is 0.391. The Bertz CT molecular complexity index is 466. The standard InChI is InChI=1S/C12H21N3O2.C6H14O3/c1-8-4-13(8)7-12(11(16)17,14-5-9(14)2)15-6-10(15)3;1-2-6(3-7,4-8)5-9/h8-10H,4-7H2,1-3H3,(H,16,17);7-9H,2-5H2,1H3. The maximum atomic E-state index is 11.8. The van der Waals surface area contributed by atoms with Gasteiger partial charge in [0.05, 0.1) is 19.8 Å². The molecule has 0 aromatic carbocycles. The molecule has 3 saturated heterocycles. The summed E-state index contributed by atoms with van der Waals surface area (Å²) in [4.78, 5) is 18.3. The van der Waals surface area contributed by atoms with Crippen LogP contribution >= 0.6 is 0 Å². The first-order chi connectivity index (χ1) is 12.2. The van der Waals surface area contributed by atoms with Crippen LogP contribution in [0.2, 0.25) is 0 Å². The maximum Gasteiger partial charge on any atom is 0.340 e. The van der Waals surface area contributed by atoms with Crippen molar-refractivity contribution in [2.24, 2.45) is 5.41 Å². The number of aliphatic carboxylic acids is 1. The third-order valence-corrected chi connectivity index (χ3v) is 6.18. The number of hydrogen-bond acceptors (Lipinski definition) is 7. The Hall–Kier alpha value is -0.770. The zero-order valence-corrected chi connectivity index (χ0v) is 16.4. The summed E-state index contributed by atoms with van der Waals surface area (Å²) in [6.07, 6.45) is 0.594. The van der Waals surface area contributed by atoms with E-state index in [1.54, 1.807) is 0 Å². The molecule has 0 aromatic rings. The van der Waals surface area contributed by atoms with Gasteiger partial charge in [-0.25, -0.2) is 4.79 Å². The molecule has 26 heavy (non-hydrogen) atoms. The van der Waals surface area contributed by atoms with Crippen molar-refractivity contribution in [3.8, 4) is 0 Å². The minimum atomic E-state index is -0.760. The van der Waals surface area contributed by atoms with Gasteiger partial charge in [-0.1, -0.05) is 6.92 Å². The molecule has 0 amide bonds. The number of carboxylic acids is 1. The highest BCUT2D eigenvalue weighted by molar-refractivity contribution is 5.80. The molecule has 3 heterocycles. The van der Waals surface area contributed by atoms with Crippen molar-refractivity contribution >= 4 is 5.97 Å². The highest BCUT2D eigenvalue weighted by Crippen LogP contribution is 2.41. The molecule has 0 spiro atoms. The SMILES string of the molecule is CC1CN1CC(C(=O)O)(N1CC1C)N1CC1C.CCC(CO)(CO)CO. The maximum absolute atomic E-state index is 11.8. The number of aliphatic hydroxyl groups is 3. The van der Waals surface area contributed by atoms with Crippen LogP contribution in [0.25, 0.3) is 0 Å². The van der Waals surface area contributed by atoms with Crippen LogP contribution in [0.1, 0.15) is 34.1 Å². The van der Waals surface area contributed by atoms with Crippen LogP contribution in [0.15, 0.2) is 0 Å². The van der Waals surface area contributed by atoms with Crippen molar-refractivity contribution in [2.75, 3.05) is 46.0 Å². The van der Waals surface area contributed by atoms with Gasteiger partial charge in [0.15, 0.2) is 5.66 Å². The Morgan fingerprint density at radius 2 is 1.31 bits per heavy atom. The van der Waals surface area contributed by atoms with Crippen LogP contribution in [0, 0.1) is 5.41 Å². The molecule has 3 aliphatic rings. The first-order valence-electron chi connectivity index (χ1n) is 9.54. The van der Waals surface area contributed by atoms with Crippen molar-refractivity contribution in [3.05, 3.63) is 0 Å². The predicted molar refractivity (Wildman–Crippen MR) is 97.7 cm³/mol. The fraction of sp³-hybridized carbons (Fsp3) is 0.944. The second-order valence-electron chi connectivity index (χ2n) is 8.23. The summed E-state index contributed by atoms with van der Waals surface area (Å²) in [5.74, 6) is -0.676. The lowest BCUT2D eigenvalue weighted by atomic mass is 9.88. The highest BCUT2D eigenvalue weighted by atomic mass is 16.4. The molecule has 3 aliphatic heterocycles. The summed E-state index contributed by atoms with van der Waals surface area (Å²) < 4.78 is 0. The van der Waals surface area contributed by atoms with E-state index in [1.165, 1.54) is 0 Å². The summed E-state index contributed by atoms with van der Waals surface area (Å²) >= 11 is 0. The molecule has 0 saturated carbocycles. The fourth-order valence-electron chi connectivity index (χ4n) is 3.45. The third-order valence-electron chi connectivity index (χ3n) is 6.18. The molecule has 6 atom stereocenters. The van der Waals surface area contributed by atoms with E-state index in [4.69, 9.17) is 15.3 Å². The normalized spacial score (nSPS) is 37.2. The van der Waals surface area contributed by atoms with Gasteiger partial charge in [-0.3, -0.25) is 14.7 Å². The van der Waals surface area contributed by atoms with Crippen molar-refractivity contribution in [1.82, 2.24) is 14.7 Å². The summed E-state index contributed by atoms with van der Waals surface area (Å²) in [7, 11) is 0. The zero-order valence-electron chi connectivity index (χ0n) is 16.4. The summed E-state index contributed by atoms with van der Waals surface area (Å²) in [6.45, 7) is 11.2. The lowest BCUT2D eigenvalue weighted by Crippen LogP contribution is -2.59. The number of hydrogen-bond donors (Lipinski definition) is 4. The van der Waals surface area contributed by atoms with Crippen LogP contribution in [0.3, 0.4) is 0 Å². The van der Waals surface area contributed by atoms with E-state index in [9.17, 15) is 9.90 Å². The number of carboxylic acid groups (broad SMARTS) is 1. The van der Waals surface area contributed by atoms with E-state index in [2.05, 4.69) is 35.5 Å². The minimum Gasteiger partial charge on any atom is -0.479 e. The monoisotopic (exact) mass is 373 g/mol. The molecule has 3 rings (SSSR count). The van der Waals surface area contributed by atoms with E-state index >= 15 is 0 Å². The molecule has 0 radical (unpaired) electrons. The average molecular weight is 373 g/mol. The number of nitrogens with zero attached hydrogens (tertiary/aromatic N) is 3. The second kappa shape index (κ2) is 8.08. The Labute approximate surface area is 156 Å². The molecule has 8 heteroatoms. The Balaban J connectivity index is 0.000000232. The lowest BCUT2D eigenvalue weighted by molar-refractivity contribution is -0.156. The van der Waals surface area contributed by atoms with Gasteiger partial charge in [0.1, 0.15) is 0 Å². The third kappa shape index (κ3) is 4.21. The summed E-state index contributed by atoms with van der Waals surface area (Å²) in [5.41, 5.74) is -1.43. The second-order valence-corrected chi connectivity index (χ2v) is 8.23. The average Bonchev–Trinajstić information content (AvgIpc) is 3.54. The van der Waals surface area contributed by atoms with Gasteiger partial charge < -0.3 is 20.4 Å². The smallest absolute Gasteiger partial charge is 0.340 e. The van der Waals surface area contributed by atoms with Crippen LogP contribution in [0.4, 0.5) is 0 Å². The van der Waals surface area contributed by atoms with E-state index in [0.29, 0.717) is 31.1 Å². The van der Waals surface area contributed by atoms with Crippen molar-refractivity contribution in [3.63, 3.8) is 0 Å². The van der Waals surface area contributed by atoms with Gasteiger partial charge in [-0.15, -0.1) is 0 Å². The Morgan fingerprint density at radius 1 is 0.923 bits per heavy atom. The van der Waals surface area contributed by atoms with Gasteiger partial charge in [0.25, 0.3) is 0 Å². The van der Waals surface area contributed by atoms with Crippen molar-refractivity contribution in [1.29, 1.82) is 0 Å². The lowest BCUT2D eigenvalue weighted by Gasteiger charge is -2.34. The zero-order chi connectivity index (χ0) is 19.7. The van der Waals surface area contributed by atoms with Gasteiger partial charge in [0, 0.05) is 49.7 Å². The van der Waals surface area contributed by atoms with Gasteiger partial charge in [-0.2, -0.15) is 0 Å². The topological polar surface area (TPSA) is 107 Å². The van der Waals surface area contributed by atoms with Crippen LogP contribution in [-0.2, 0) is 4.79 Å². The van der Waals surface area contributed by atoms with Gasteiger partial charge in [0.2, 0.25) is 0 Å². The molecular formula is C18H35N3O5. The van der Waals surface area contributed by atoms with Crippen molar-refractivity contribution in [2.45, 2.75) is 57.9 Å². The van der Waals surface area contributed by atoms with E-state index < -0.39 is 17.0 Å². The molecule has 0 aliphatic carbocycles. The van der Waals surface area contributed by atoms with E-state index in [0.717, 1.165) is 19.6 Å². The van der Waals surface area contributed by atoms with Gasteiger partial charge >= 0.3 is 5.97 Å². The summed E-state index contributed by atoms with van der Waals surface area (Å²) in [5, 5.41) is 35.7. The molecule has 152 valence electrons. The first kappa shape index (κ1) is 21.5. The molecule has 6 unspecified atom stereocenters. The predicted octanol–water partition coefficient (Wildman–Crippen LogP) is -0.761. The minimum absolute atomic E-state index is 0.156. The van der Waals surface area contributed by atoms with Crippen molar-refractivity contribution < 1.29 is 25.2 Å². The summed E-state index contributed by atoms with van der Waals surface area (Å²) in [6, 6.07) is 1.38. The first-order valence-corrected chi connectivity index (χ1v) is 9.54. The Kier molecular flexibility index (Phi) is 6.69. The fourth-order valence-corrected chi connectivity index (χ4v) is 3.45.